The molecule has 1 amide bonds. The standard InChI is InChI=1S/C26H23Br2ClN4O/c1-2-32-15-22(29)24(30-32)26(34)33-25(17-8-12-20(28)13-9-17)21-5-3-4-18(23(21)31-33)14-16-6-10-19(27)11-7-16/h6-15,21,25H,2-5H2,1H3/b18-14+/t21-,25-/m1/s1. The average molecular weight is 603 g/mol. The zero-order valence-corrected chi connectivity index (χ0v) is 22.5. The van der Waals surface area contributed by atoms with E-state index in [1.807, 2.05) is 31.2 Å². The van der Waals surface area contributed by atoms with E-state index in [4.69, 9.17) is 16.7 Å². The van der Waals surface area contributed by atoms with Gasteiger partial charge in [0.1, 0.15) is 0 Å². The molecule has 1 aromatic heterocycles. The molecule has 1 aliphatic heterocycles. The molecule has 0 radical (unpaired) electrons. The van der Waals surface area contributed by atoms with Gasteiger partial charge in [0.2, 0.25) is 0 Å². The highest BCUT2D eigenvalue weighted by Crippen LogP contribution is 2.45. The van der Waals surface area contributed by atoms with Crippen LogP contribution < -0.4 is 0 Å². The Bertz CT molecular complexity index is 1280. The number of amides is 1. The molecule has 0 spiro atoms. The number of allylic oxidation sites excluding steroid dienone is 1. The predicted molar refractivity (Wildman–Crippen MR) is 143 cm³/mol. The van der Waals surface area contributed by atoms with Crippen LogP contribution in [0.4, 0.5) is 0 Å². The number of fused-ring (bicyclic) bond motifs is 1. The summed E-state index contributed by atoms with van der Waals surface area (Å²) >= 11 is 13.4. The molecular weight excluding hydrogens is 580 g/mol. The molecule has 34 heavy (non-hydrogen) atoms. The van der Waals surface area contributed by atoms with Crippen LogP contribution in [-0.4, -0.2) is 26.4 Å². The number of carbonyl (C=O) groups is 1. The van der Waals surface area contributed by atoms with E-state index in [2.05, 4.69) is 67.3 Å². The van der Waals surface area contributed by atoms with E-state index in [1.165, 1.54) is 5.57 Å². The monoisotopic (exact) mass is 600 g/mol. The Kier molecular flexibility index (Phi) is 6.78. The minimum Gasteiger partial charge on any atom is -0.271 e. The molecule has 1 fully saturated rings. The van der Waals surface area contributed by atoms with Gasteiger partial charge < -0.3 is 0 Å². The molecule has 174 valence electrons. The quantitative estimate of drug-likeness (QED) is 0.310. The number of halogens is 3. The van der Waals surface area contributed by atoms with Crippen LogP contribution in [0.2, 0.25) is 5.02 Å². The molecule has 0 bridgehead atoms. The summed E-state index contributed by atoms with van der Waals surface area (Å²) in [4.78, 5) is 13.7. The van der Waals surface area contributed by atoms with Gasteiger partial charge in [0.15, 0.2) is 5.69 Å². The first kappa shape index (κ1) is 23.5. The number of carbonyl (C=O) groups excluding carboxylic acids is 1. The van der Waals surface area contributed by atoms with Crippen molar-refractivity contribution in [2.75, 3.05) is 0 Å². The second-order valence-corrected chi connectivity index (χ2v) is 10.8. The van der Waals surface area contributed by atoms with E-state index in [0.717, 1.165) is 45.0 Å². The Morgan fingerprint density at radius 3 is 2.44 bits per heavy atom. The second-order valence-electron chi connectivity index (χ2n) is 8.53. The van der Waals surface area contributed by atoms with E-state index in [1.54, 1.807) is 15.9 Å². The fourth-order valence-electron chi connectivity index (χ4n) is 4.73. The van der Waals surface area contributed by atoms with Gasteiger partial charge in [-0.05, 0) is 73.2 Å². The Labute approximate surface area is 220 Å². The molecule has 0 N–H and O–H groups in total. The number of nitrogens with zero attached hydrogens (tertiary/aromatic N) is 4. The highest BCUT2D eigenvalue weighted by atomic mass is 79.9. The molecule has 0 saturated heterocycles. The van der Waals surface area contributed by atoms with E-state index >= 15 is 0 Å². The van der Waals surface area contributed by atoms with Crippen LogP contribution in [0.15, 0.2) is 74.3 Å². The maximum Gasteiger partial charge on any atom is 0.296 e. The predicted octanol–water partition coefficient (Wildman–Crippen LogP) is 7.52. The Morgan fingerprint density at radius 1 is 1.12 bits per heavy atom. The van der Waals surface area contributed by atoms with Crippen molar-refractivity contribution in [3.05, 3.63) is 91.1 Å². The Morgan fingerprint density at radius 2 is 1.79 bits per heavy atom. The number of rotatable bonds is 4. The third kappa shape index (κ3) is 4.53. The number of hydrogen-bond donors (Lipinski definition) is 0. The molecule has 1 saturated carbocycles. The molecule has 0 unspecified atom stereocenters. The van der Waals surface area contributed by atoms with Crippen LogP contribution in [-0.2, 0) is 6.54 Å². The van der Waals surface area contributed by atoms with Gasteiger partial charge in [0.05, 0.1) is 16.8 Å². The second kappa shape index (κ2) is 9.80. The fraction of sp³-hybridized carbons (Fsp3) is 0.269. The first-order valence-electron chi connectivity index (χ1n) is 11.3. The van der Waals surface area contributed by atoms with E-state index in [-0.39, 0.29) is 23.6 Å². The van der Waals surface area contributed by atoms with E-state index in [0.29, 0.717) is 11.6 Å². The van der Waals surface area contributed by atoms with Crippen molar-refractivity contribution < 1.29 is 4.79 Å². The first-order valence-corrected chi connectivity index (χ1v) is 13.3. The van der Waals surface area contributed by atoms with Crippen molar-refractivity contribution in [1.82, 2.24) is 14.8 Å². The third-order valence-electron chi connectivity index (χ3n) is 6.38. The summed E-state index contributed by atoms with van der Waals surface area (Å²) in [6.07, 6.45) is 6.84. The minimum absolute atomic E-state index is 0.118. The van der Waals surface area contributed by atoms with Gasteiger partial charge in [0, 0.05) is 27.6 Å². The van der Waals surface area contributed by atoms with Crippen LogP contribution in [0.3, 0.4) is 0 Å². The zero-order valence-electron chi connectivity index (χ0n) is 18.6. The van der Waals surface area contributed by atoms with Crippen molar-refractivity contribution in [3.63, 3.8) is 0 Å². The third-order valence-corrected chi connectivity index (χ3v) is 7.71. The lowest BCUT2D eigenvalue weighted by atomic mass is 9.77. The van der Waals surface area contributed by atoms with Crippen molar-refractivity contribution in [3.8, 4) is 0 Å². The molecular formula is C26H23Br2ClN4O. The lowest BCUT2D eigenvalue weighted by Crippen LogP contribution is -2.32. The fourth-order valence-corrected chi connectivity index (χ4v) is 5.49. The summed E-state index contributed by atoms with van der Waals surface area (Å²) in [6, 6.07) is 16.2. The number of hydrogen-bond acceptors (Lipinski definition) is 3. The van der Waals surface area contributed by atoms with Gasteiger partial charge in [-0.2, -0.15) is 10.2 Å². The smallest absolute Gasteiger partial charge is 0.271 e. The summed E-state index contributed by atoms with van der Waals surface area (Å²) in [5, 5.41) is 11.3. The minimum atomic E-state index is -0.269. The number of aromatic nitrogens is 2. The molecule has 2 aliphatic rings. The van der Waals surface area contributed by atoms with Gasteiger partial charge in [-0.15, -0.1) is 0 Å². The molecule has 8 heteroatoms. The largest absolute Gasteiger partial charge is 0.296 e. The highest BCUT2D eigenvalue weighted by Gasteiger charge is 2.44. The number of hydrazone groups is 1. The molecule has 3 aromatic rings. The normalized spacial score (nSPS) is 21.0. The van der Waals surface area contributed by atoms with Crippen molar-refractivity contribution >= 4 is 61.2 Å². The number of benzene rings is 2. The van der Waals surface area contributed by atoms with Crippen LogP contribution in [0.1, 0.15) is 53.8 Å². The van der Waals surface area contributed by atoms with Gasteiger partial charge in [-0.25, -0.2) is 5.01 Å². The summed E-state index contributed by atoms with van der Waals surface area (Å²) < 4.78 is 3.72. The maximum absolute atomic E-state index is 13.7. The molecule has 2 aromatic carbocycles. The lowest BCUT2D eigenvalue weighted by molar-refractivity contribution is 0.0674. The van der Waals surface area contributed by atoms with Crippen molar-refractivity contribution in [2.24, 2.45) is 11.0 Å². The van der Waals surface area contributed by atoms with Crippen molar-refractivity contribution in [1.29, 1.82) is 0 Å². The number of aryl methyl sites for hydroxylation is 1. The van der Waals surface area contributed by atoms with E-state index < -0.39 is 0 Å². The SMILES string of the molecule is CCn1cc(Cl)c(C(=O)N2N=C3/C(=C/c4ccc(Br)cc4)CCC[C@H]3[C@H]2c2ccc(Br)cc2)n1. The summed E-state index contributed by atoms with van der Waals surface area (Å²) in [5.41, 5.74) is 4.59. The maximum atomic E-state index is 13.7. The molecule has 5 nitrogen and oxygen atoms in total. The van der Waals surface area contributed by atoms with Crippen LogP contribution in [0, 0.1) is 5.92 Å². The molecule has 1 aliphatic carbocycles. The van der Waals surface area contributed by atoms with Crippen molar-refractivity contribution in [2.45, 2.75) is 38.8 Å². The lowest BCUT2D eigenvalue weighted by Gasteiger charge is -2.29. The Balaban J connectivity index is 1.58. The van der Waals surface area contributed by atoms with Crippen LogP contribution in [0.5, 0.6) is 0 Å². The zero-order chi connectivity index (χ0) is 23.8. The molecule has 2 atom stereocenters. The average Bonchev–Trinajstić information content (AvgIpc) is 3.42. The molecule has 5 rings (SSSR count). The van der Waals surface area contributed by atoms with E-state index in [9.17, 15) is 4.79 Å². The topological polar surface area (TPSA) is 50.5 Å². The van der Waals surface area contributed by atoms with Gasteiger partial charge in [-0.3, -0.25) is 9.48 Å². The summed E-state index contributed by atoms with van der Waals surface area (Å²) in [6.45, 7) is 2.60. The summed E-state index contributed by atoms with van der Waals surface area (Å²) in [5.74, 6) is -0.150. The van der Waals surface area contributed by atoms with Crippen LogP contribution >= 0.6 is 43.5 Å². The Hall–Kier alpha value is -2.22. The highest BCUT2D eigenvalue weighted by molar-refractivity contribution is 9.10. The molecule has 2 heterocycles. The first-order chi connectivity index (χ1) is 16.4. The van der Waals surface area contributed by atoms with Gasteiger partial charge >= 0.3 is 0 Å². The van der Waals surface area contributed by atoms with Gasteiger partial charge in [-0.1, -0.05) is 67.7 Å². The van der Waals surface area contributed by atoms with Gasteiger partial charge in [0.25, 0.3) is 5.91 Å². The van der Waals surface area contributed by atoms with Crippen LogP contribution in [0.25, 0.3) is 6.08 Å². The summed E-state index contributed by atoms with van der Waals surface area (Å²) in [7, 11) is 0.